The Balaban J connectivity index is 2.90. The predicted octanol–water partition coefficient (Wildman–Crippen LogP) is 1.71. The molecule has 0 amide bonds. The molecule has 1 aromatic carbocycles. The van der Waals surface area contributed by atoms with Gasteiger partial charge in [-0.15, -0.1) is 0 Å². The monoisotopic (exact) mass is 278 g/mol. The average molecular weight is 279 g/mol. The van der Waals surface area contributed by atoms with E-state index in [2.05, 4.69) is 15.9 Å². The molecule has 0 aliphatic heterocycles. The van der Waals surface area contributed by atoms with Gasteiger partial charge in [0.05, 0.1) is 6.10 Å². The number of alkyl halides is 1. The Hall–Kier alpha value is -0.650. The Morgan fingerprint density at radius 3 is 2.60 bits per heavy atom. The minimum atomic E-state index is -1.32. The van der Waals surface area contributed by atoms with Crippen LogP contribution in [-0.2, 0) is 0 Å². The van der Waals surface area contributed by atoms with Crippen molar-refractivity contribution in [1.82, 2.24) is 0 Å². The van der Waals surface area contributed by atoms with Crippen molar-refractivity contribution in [3.63, 3.8) is 0 Å². The van der Waals surface area contributed by atoms with Crippen molar-refractivity contribution < 1.29 is 19.7 Å². The van der Waals surface area contributed by atoms with Crippen molar-refractivity contribution in [3.05, 3.63) is 29.6 Å². The first-order chi connectivity index (χ1) is 7.07. The average Bonchev–Trinajstić information content (AvgIpc) is 2.21. The Kier molecular flexibility index (Phi) is 4.50. The van der Waals surface area contributed by atoms with Crippen LogP contribution in [0.2, 0.25) is 0 Å². The van der Waals surface area contributed by atoms with Crippen molar-refractivity contribution in [2.75, 3.05) is 5.33 Å². The normalized spacial score (nSPS) is 14.9. The predicted molar refractivity (Wildman–Crippen MR) is 57.4 cm³/mol. The first-order valence-corrected chi connectivity index (χ1v) is 5.59. The summed E-state index contributed by atoms with van der Waals surface area (Å²) >= 11 is 3.11. The lowest BCUT2D eigenvalue weighted by Gasteiger charge is -2.17. The van der Waals surface area contributed by atoms with E-state index >= 15 is 0 Å². The highest BCUT2D eigenvalue weighted by Gasteiger charge is 2.22. The highest BCUT2D eigenvalue weighted by Crippen LogP contribution is 2.27. The molecule has 1 aromatic rings. The summed E-state index contributed by atoms with van der Waals surface area (Å²) in [6.45, 7) is 0. The van der Waals surface area contributed by atoms with Crippen LogP contribution in [0.25, 0.3) is 0 Å². The van der Waals surface area contributed by atoms with E-state index in [1.165, 1.54) is 18.2 Å². The van der Waals surface area contributed by atoms with Gasteiger partial charge in [-0.3, -0.25) is 0 Å². The van der Waals surface area contributed by atoms with Crippen LogP contribution in [0.3, 0.4) is 0 Å². The van der Waals surface area contributed by atoms with Crippen LogP contribution in [0.4, 0.5) is 4.39 Å². The molecule has 3 N–H and O–H groups in total. The van der Waals surface area contributed by atoms with Gasteiger partial charge >= 0.3 is 0 Å². The molecular formula is C10H12BrFO3. The van der Waals surface area contributed by atoms with Gasteiger partial charge < -0.3 is 15.3 Å². The van der Waals surface area contributed by atoms with Crippen LogP contribution in [-0.4, -0.2) is 26.8 Å². The number of halogens is 2. The third kappa shape index (κ3) is 2.90. The highest BCUT2D eigenvalue weighted by molar-refractivity contribution is 9.09. The van der Waals surface area contributed by atoms with E-state index in [0.717, 1.165) is 0 Å². The first kappa shape index (κ1) is 12.4. The van der Waals surface area contributed by atoms with E-state index in [1.54, 1.807) is 0 Å². The second-order valence-electron chi connectivity index (χ2n) is 3.17. The third-order valence-electron chi connectivity index (χ3n) is 2.10. The Morgan fingerprint density at radius 1 is 1.33 bits per heavy atom. The molecule has 15 heavy (non-hydrogen) atoms. The Labute approximate surface area is 95.3 Å². The SMILES string of the molecule is Oc1cccc(C(O)C(O)CCBr)c1F. The lowest BCUT2D eigenvalue weighted by atomic mass is 10.0. The molecule has 0 heterocycles. The molecule has 0 fully saturated rings. The molecule has 0 aliphatic rings. The zero-order chi connectivity index (χ0) is 11.4. The minimum absolute atomic E-state index is 0.0940. The van der Waals surface area contributed by atoms with Gasteiger partial charge in [-0.25, -0.2) is 4.39 Å². The Bertz CT molecular complexity index is 332. The number of benzene rings is 1. The van der Waals surface area contributed by atoms with E-state index < -0.39 is 23.8 Å². The van der Waals surface area contributed by atoms with E-state index in [4.69, 9.17) is 5.11 Å². The topological polar surface area (TPSA) is 60.7 Å². The van der Waals surface area contributed by atoms with Crippen molar-refractivity contribution in [3.8, 4) is 5.75 Å². The van der Waals surface area contributed by atoms with Gasteiger partial charge in [0.25, 0.3) is 0 Å². The summed E-state index contributed by atoms with van der Waals surface area (Å²) in [5.74, 6) is -1.42. The van der Waals surface area contributed by atoms with Crippen LogP contribution in [0, 0.1) is 5.82 Å². The fourth-order valence-electron chi connectivity index (χ4n) is 1.24. The summed E-state index contributed by atoms with van der Waals surface area (Å²) < 4.78 is 13.3. The zero-order valence-corrected chi connectivity index (χ0v) is 9.48. The number of hydrogen-bond donors (Lipinski definition) is 3. The molecule has 1 rings (SSSR count). The maximum absolute atomic E-state index is 13.3. The van der Waals surface area contributed by atoms with E-state index in [1.807, 2.05) is 0 Å². The highest BCUT2D eigenvalue weighted by atomic mass is 79.9. The molecule has 2 atom stereocenters. The maximum Gasteiger partial charge on any atom is 0.170 e. The molecule has 0 spiro atoms. The second kappa shape index (κ2) is 5.44. The van der Waals surface area contributed by atoms with Crippen molar-refractivity contribution >= 4 is 15.9 Å². The first-order valence-electron chi connectivity index (χ1n) is 4.47. The van der Waals surface area contributed by atoms with Crippen LogP contribution in [0.5, 0.6) is 5.75 Å². The van der Waals surface area contributed by atoms with Crippen LogP contribution >= 0.6 is 15.9 Å². The molecular weight excluding hydrogens is 267 g/mol. The number of aromatic hydroxyl groups is 1. The molecule has 0 aromatic heterocycles. The molecule has 0 bridgehead atoms. The summed E-state index contributed by atoms with van der Waals surface area (Å²) in [5, 5.41) is 28.7. The summed E-state index contributed by atoms with van der Waals surface area (Å²) in [6.07, 6.45) is -2.08. The number of hydrogen-bond acceptors (Lipinski definition) is 3. The van der Waals surface area contributed by atoms with Gasteiger partial charge in [-0.1, -0.05) is 28.1 Å². The van der Waals surface area contributed by atoms with Gasteiger partial charge in [-0.05, 0) is 12.5 Å². The number of aliphatic hydroxyl groups excluding tert-OH is 2. The second-order valence-corrected chi connectivity index (χ2v) is 3.96. The van der Waals surface area contributed by atoms with Crippen LogP contribution < -0.4 is 0 Å². The van der Waals surface area contributed by atoms with Crippen molar-refractivity contribution in [2.45, 2.75) is 18.6 Å². The molecule has 0 saturated heterocycles. The molecule has 3 nitrogen and oxygen atoms in total. The summed E-state index contributed by atoms with van der Waals surface area (Å²) in [6, 6.07) is 3.93. The van der Waals surface area contributed by atoms with Gasteiger partial charge in [0.2, 0.25) is 0 Å². The van der Waals surface area contributed by atoms with Gasteiger partial charge in [0, 0.05) is 10.9 Å². The molecule has 0 aliphatic carbocycles. The number of phenolic OH excluding ortho intramolecular Hbond substituents is 1. The van der Waals surface area contributed by atoms with Crippen LogP contribution in [0.15, 0.2) is 18.2 Å². The number of rotatable bonds is 4. The zero-order valence-electron chi connectivity index (χ0n) is 7.90. The van der Waals surface area contributed by atoms with E-state index in [-0.39, 0.29) is 5.56 Å². The van der Waals surface area contributed by atoms with E-state index in [9.17, 15) is 14.6 Å². The third-order valence-corrected chi connectivity index (χ3v) is 2.55. The standard InChI is InChI=1S/C10H12BrFO3/c11-5-4-8(14)10(15)6-2-1-3-7(13)9(6)12/h1-3,8,10,13-15H,4-5H2. The fourth-order valence-corrected chi connectivity index (χ4v) is 1.71. The molecule has 0 saturated carbocycles. The summed E-state index contributed by atoms with van der Waals surface area (Å²) in [4.78, 5) is 0. The number of phenols is 1. The molecule has 0 radical (unpaired) electrons. The quantitative estimate of drug-likeness (QED) is 0.735. The lowest BCUT2D eigenvalue weighted by Crippen LogP contribution is -2.19. The number of aliphatic hydroxyl groups is 2. The lowest BCUT2D eigenvalue weighted by molar-refractivity contribution is 0.0150. The van der Waals surface area contributed by atoms with Gasteiger partial charge in [-0.2, -0.15) is 0 Å². The van der Waals surface area contributed by atoms with Crippen LogP contribution in [0.1, 0.15) is 18.1 Å². The van der Waals surface area contributed by atoms with Gasteiger partial charge in [0.1, 0.15) is 6.10 Å². The fraction of sp³-hybridized carbons (Fsp3) is 0.400. The van der Waals surface area contributed by atoms with Crippen molar-refractivity contribution in [1.29, 1.82) is 0 Å². The molecule has 2 unspecified atom stereocenters. The van der Waals surface area contributed by atoms with Crippen molar-refractivity contribution in [2.24, 2.45) is 0 Å². The largest absolute Gasteiger partial charge is 0.505 e. The summed E-state index contributed by atoms with van der Waals surface area (Å²) in [7, 11) is 0. The summed E-state index contributed by atoms with van der Waals surface area (Å²) in [5.41, 5.74) is -0.0940. The smallest absolute Gasteiger partial charge is 0.170 e. The Morgan fingerprint density at radius 2 is 2.00 bits per heavy atom. The maximum atomic E-state index is 13.3. The van der Waals surface area contributed by atoms with Gasteiger partial charge in [0.15, 0.2) is 11.6 Å². The molecule has 5 heteroatoms. The minimum Gasteiger partial charge on any atom is -0.505 e. The molecule has 84 valence electrons. The van der Waals surface area contributed by atoms with E-state index in [0.29, 0.717) is 11.8 Å².